The first-order valence-corrected chi connectivity index (χ1v) is 13.1. The molecule has 1 amide bonds. The molecule has 4 rings (SSSR count). The second-order valence-electron chi connectivity index (χ2n) is 11.4. The van der Waals surface area contributed by atoms with Crippen LogP contribution in [0.1, 0.15) is 63.3 Å². The molecule has 4 atom stereocenters. The van der Waals surface area contributed by atoms with Crippen molar-refractivity contribution >= 4 is 17.5 Å². The zero-order chi connectivity index (χ0) is 25.9. The number of carbonyl (C=O) groups excluding carboxylic acids is 1. The van der Waals surface area contributed by atoms with Crippen LogP contribution in [0, 0.1) is 5.41 Å². The van der Waals surface area contributed by atoms with Crippen LogP contribution < -0.4 is 15.4 Å². The van der Waals surface area contributed by atoms with E-state index >= 15 is 0 Å². The number of rotatable bonds is 8. The lowest BCUT2D eigenvalue weighted by molar-refractivity contribution is -0.120. The second kappa shape index (κ2) is 11.1. The molecule has 2 aromatic rings. The molecule has 8 heteroatoms. The number of halogens is 1. The van der Waals surface area contributed by atoms with Gasteiger partial charge in [0.2, 0.25) is 11.8 Å². The molecular weight excluding hydrogens is 478 g/mol. The number of nitrogens with one attached hydrogen (secondary N) is 2. The van der Waals surface area contributed by atoms with Crippen LogP contribution in [-0.2, 0) is 22.4 Å². The molecule has 1 fully saturated rings. The van der Waals surface area contributed by atoms with Crippen molar-refractivity contribution in [2.45, 2.75) is 77.2 Å². The van der Waals surface area contributed by atoms with Crippen molar-refractivity contribution in [3.63, 3.8) is 0 Å². The number of pyridine rings is 1. The van der Waals surface area contributed by atoms with Crippen LogP contribution in [0.5, 0.6) is 5.88 Å². The number of hydrogen-bond donors (Lipinski definition) is 3. The van der Waals surface area contributed by atoms with Crippen molar-refractivity contribution in [1.82, 2.24) is 15.6 Å². The number of nitrogens with zero attached hydrogens (tertiary/aromatic N) is 1. The Bertz CT molecular complexity index is 1050. The van der Waals surface area contributed by atoms with Crippen LogP contribution in [0.15, 0.2) is 36.5 Å². The Hall–Kier alpha value is -2.19. The monoisotopic (exact) mass is 515 g/mol. The lowest BCUT2D eigenvalue weighted by Crippen LogP contribution is -2.50. The molecule has 1 saturated heterocycles. The first-order chi connectivity index (χ1) is 17.0. The van der Waals surface area contributed by atoms with Gasteiger partial charge in [-0.15, -0.1) is 0 Å². The molecule has 0 unspecified atom stereocenters. The number of fused-ring (bicyclic) bond motifs is 1. The van der Waals surface area contributed by atoms with E-state index in [1.54, 1.807) is 0 Å². The molecule has 0 radical (unpaired) electrons. The molecule has 0 aliphatic carbocycles. The van der Waals surface area contributed by atoms with Gasteiger partial charge in [-0.05, 0) is 47.6 Å². The van der Waals surface area contributed by atoms with Gasteiger partial charge in [-0.25, -0.2) is 4.98 Å². The maximum atomic E-state index is 11.9. The summed E-state index contributed by atoms with van der Waals surface area (Å²) in [6, 6.07) is 9.15. The standard InChI is InChI=1S/C28H38ClN3O4/c1-18(33)32-23(12-19-5-7-21(29)8-6-19)25(34)16-30-24-14-28(9-10-35-17-28)36-26-22(24)11-20(15-31-26)13-27(2,3)4/h5-8,11,15,23-25,30,34H,9-10,12-14,16-17H2,1-4H3,(H,32,33)/t23-,24-,25+,28-/m0/s1. The fraction of sp³-hybridized carbons (Fsp3) is 0.571. The summed E-state index contributed by atoms with van der Waals surface area (Å²) in [5.41, 5.74) is 2.89. The number of hydrogen-bond acceptors (Lipinski definition) is 6. The summed E-state index contributed by atoms with van der Waals surface area (Å²) in [6.45, 7) is 9.61. The molecule has 36 heavy (non-hydrogen) atoms. The molecule has 7 nitrogen and oxygen atoms in total. The molecule has 0 saturated carbocycles. The minimum atomic E-state index is -0.794. The fourth-order valence-corrected chi connectivity index (χ4v) is 5.25. The zero-order valence-corrected chi connectivity index (χ0v) is 22.4. The van der Waals surface area contributed by atoms with E-state index < -0.39 is 17.7 Å². The van der Waals surface area contributed by atoms with Gasteiger partial charge in [-0.2, -0.15) is 0 Å². The van der Waals surface area contributed by atoms with Crippen molar-refractivity contribution in [3.05, 3.63) is 58.2 Å². The molecule has 1 spiro atoms. The summed E-state index contributed by atoms with van der Waals surface area (Å²) in [4.78, 5) is 16.6. The van der Waals surface area contributed by atoms with Crippen LogP contribution in [0.4, 0.5) is 0 Å². The third-order valence-corrected chi connectivity index (χ3v) is 7.05. The largest absolute Gasteiger partial charge is 0.468 e. The highest BCUT2D eigenvalue weighted by Crippen LogP contribution is 2.42. The Labute approximate surface area is 218 Å². The van der Waals surface area contributed by atoms with Crippen molar-refractivity contribution in [2.75, 3.05) is 19.8 Å². The maximum absolute atomic E-state index is 11.9. The molecule has 2 aliphatic rings. The van der Waals surface area contributed by atoms with E-state index in [0.717, 1.165) is 36.0 Å². The maximum Gasteiger partial charge on any atom is 0.218 e. The van der Waals surface area contributed by atoms with Gasteiger partial charge >= 0.3 is 0 Å². The zero-order valence-electron chi connectivity index (χ0n) is 21.6. The SMILES string of the molecule is CC(=O)N[C@@H](Cc1ccc(Cl)cc1)[C@H](O)CN[C@H]1C[C@]2(CCOC2)Oc2ncc(CC(C)(C)C)cc21. The van der Waals surface area contributed by atoms with Crippen LogP contribution in [0.25, 0.3) is 0 Å². The Kier molecular flexibility index (Phi) is 8.25. The van der Waals surface area contributed by atoms with E-state index in [-0.39, 0.29) is 17.4 Å². The number of ether oxygens (including phenoxy) is 2. The molecule has 3 N–H and O–H groups in total. The highest BCUT2D eigenvalue weighted by atomic mass is 35.5. The average molecular weight is 516 g/mol. The minimum absolute atomic E-state index is 0.0500. The number of aromatic nitrogens is 1. The Balaban J connectivity index is 1.51. The van der Waals surface area contributed by atoms with Gasteiger partial charge in [0.25, 0.3) is 0 Å². The normalized spacial score (nSPS) is 23.1. The Morgan fingerprint density at radius 1 is 1.28 bits per heavy atom. The quantitative estimate of drug-likeness (QED) is 0.492. The number of carbonyl (C=O) groups is 1. The van der Waals surface area contributed by atoms with Crippen LogP contribution in [-0.4, -0.2) is 53.5 Å². The lowest BCUT2D eigenvalue weighted by atomic mass is 9.85. The van der Waals surface area contributed by atoms with Crippen LogP contribution in [0.2, 0.25) is 5.02 Å². The summed E-state index contributed by atoms with van der Waals surface area (Å²) in [5, 5.41) is 18.3. The van der Waals surface area contributed by atoms with Gasteiger partial charge in [0.1, 0.15) is 5.60 Å². The van der Waals surface area contributed by atoms with Gasteiger partial charge in [0, 0.05) is 49.1 Å². The Morgan fingerprint density at radius 2 is 2.03 bits per heavy atom. The fourth-order valence-electron chi connectivity index (χ4n) is 5.12. The number of amides is 1. The Morgan fingerprint density at radius 3 is 2.67 bits per heavy atom. The van der Waals surface area contributed by atoms with E-state index in [9.17, 15) is 9.90 Å². The molecule has 1 aromatic carbocycles. The molecule has 0 bridgehead atoms. The molecule has 1 aromatic heterocycles. The number of aliphatic hydroxyl groups excluding tert-OH is 1. The third kappa shape index (κ3) is 6.97. The van der Waals surface area contributed by atoms with Gasteiger partial charge in [0.05, 0.1) is 25.4 Å². The third-order valence-electron chi connectivity index (χ3n) is 6.80. The summed E-state index contributed by atoms with van der Waals surface area (Å²) in [6.07, 6.45) is 4.06. The van der Waals surface area contributed by atoms with Crippen molar-refractivity contribution in [3.8, 4) is 5.88 Å². The molecule has 196 valence electrons. The van der Waals surface area contributed by atoms with Crippen molar-refractivity contribution in [2.24, 2.45) is 5.41 Å². The van der Waals surface area contributed by atoms with Crippen LogP contribution in [0.3, 0.4) is 0 Å². The highest BCUT2D eigenvalue weighted by Gasteiger charge is 2.45. The van der Waals surface area contributed by atoms with E-state index in [1.807, 2.05) is 30.5 Å². The predicted molar refractivity (Wildman–Crippen MR) is 140 cm³/mol. The van der Waals surface area contributed by atoms with Gasteiger partial charge in [-0.3, -0.25) is 4.79 Å². The van der Waals surface area contributed by atoms with Crippen LogP contribution >= 0.6 is 11.6 Å². The lowest BCUT2D eigenvalue weighted by Gasteiger charge is -2.39. The molecule has 3 heterocycles. The highest BCUT2D eigenvalue weighted by molar-refractivity contribution is 6.30. The van der Waals surface area contributed by atoms with Gasteiger partial charge in [0.15, 0.2) is 0 Å². The molecule has 2 aliphatic heterocycles. The van der Waals surface area contributed by atoms with E-state index in [0.29, 0.717) is 37.1 Å². The topological polar surface area (TPSA) is 92.7 Å². The summed E-state index contributed by atoms with van der Waals surface area (Å²) in [5.74, 6) is 0.457. The van der Waals surface area contributed by atoms with E-state index in [1.165, 1.54) is 6.92 Å². The van der Waals surface area contributed by atoms with Crippen molar-refractivity contribution < 1.29 is 19.4 Å². The smallest absolute Gasteiger partial charge is 0.218 e. The number of benzene rings is 1. The van der Waals surface area contributed by atoms with Gasteiger partial charge in [-0.1, -0.05) is 44.5 Å². The van der Waals surface area contributed by atoms with Gasteiger partial charge < -0.3 is 25.2 Å². The summed E-state index contributed by atoms with van der Waals surface area (Å²) in [7, 11) is 0. The van der Waals surface area contributed by atoms with E-state index in [4.69, 9.17) is 21.1 Å². The number of aliphatic hydroxyl groups is 1. The second-order valence-corrected chi connectivity index (χ2v) is 11.9. The average Bonchev–Trinajstić information content (AvgIpc) is 3.24. The van der Waals surface area contributed by atoms with E-state index in [2.05, 4.69) is 42.5 Å². The first-order valence-electron chi connectivity index (χ1n) is 12.7. The first kappa shape index (κ1) is 26.9. The minimum Gasteiger partial charge on any atom is -0.468 e. The van der Waals surface area contributed by atoms with Crippen molar-refractivity contribution in [1.29, 1.82) is 0 Å². The molecular formula is C28H38ClN3O4. The predicted octanol–water partition coefficient (Wildman–Crippen LogP) is 4.00. The summed E-state index contributed by atoms with van der Waals surface area (Å²) < 4.78 is 12.1. The summed E-state index contributed by atoms with van der Waals surface area (Å²) >= 11 is 6.02.